The Balaban J connectivity index is 2.63. The highest BCUT2D eigenvalue weighted by Gasteiger charge is 2.17. The van der Waals surface area contributed by atoms with Crippen LogP contribution in [0, 0.1) is 12.7 Å². The summed E-state index contributed by atoms with van der Waals surface area (Å²) < 4.78 is 15.4. The fourth-order valence-corrected chi connectivity index (χ4v) is 2.36. The summed E-state index contributed by atoms with van der Waals surface area (Å²) in [5, 5.41) is 8.97. The molecule has 0 saturated heterocycles. The van der Waals surface area contributed by atoms with Gasteiger partial charge in [-0.1, -0.05) is 22.0 Å². The molecule has 2 rings (SSSR count). The van der Waals surface area contributed by atoms with Crippen LogP contribution < -0.4 is 0 Å². The summed E-state index contributed by atoms with van der Waals surface area (Å²) in [7, 11) is 0. The average molecular weight is 312 g/mol. The van der Waals surface area contributed by atoms with E-state index in [0.717, 1.165) is 22.8 Å². The molecule has 1 heterocycles. The molecule has 0 saturated carbocycles. The lowest BCUT2D eigenvalue weighted by Gasteiger charge is -2.14. The first-order valence-corrected chi connectivity index (χ1v) is 6.93. The van der Waals surface area contributed by atoms with Crippen LogP contribution >= 0.6 is 15.9 Å². The van der Waals surface area contributed by atoms with Crippen molar-refractivity contribution in [2.75, 3.05) is 0 Å². The number of hydrogen-bond acceptors (Lipinski definition) is 2. The zero-order valence-electron chi connectivity index (χ0n) is 10.6. The molecule has 0 atom stereocenters. The van der Waals surface area contributed by atoms with E-state index in [4.69, 9.17) is 0 Å². The highest BCUT2D eigenvalue weighted by molar-refractivity contribution is 9.08. The largest absolute Gasteiger partial charge is 0.308 e. The molecule has 0 spiro atoms. The van der Waals surface area contributed by atoms with Crippen LogP contribution in [0.4, 0.5) is 4.39 Å². The second-order valence-electron chi connectivity index (χ2n) is 4.50. The first-order chi connectivity index (χ1) is 8.54. The van der Waals surface area contributed by atoms with Crippen LogP contribution in [0.3, 0.4) is 0 Å². The van der Waals surface area contributed by atoms with E-state index < -0.39 is 0 Å². The van der Waals surface area contributed by atoms with Gasteiger partial charge in [0.05, 0.1) is 5.33 Å². The standard InChI is InChI=1S/C13H15BrFN3/c1-8(2)18-12(7-14)16-17-13(18)11-6-10(15)5-4-9(11)3/h4-6,8H,7H2,1-3H3. The number of halogens is 2. The predicted molar refractivity (Wildman–Crippen MR) is 73.2 cm³/mol. The van der Waals surface area contributed by atoms with Crippen molar-refractivity contribution in [3.05, 3.63) is 35.4 Å². The fraction of sp³-hybridized carbons (Fsp3) is 0.385. The highest BCUT2D eigenvalue weighted by atomic mass is 79.9. The van der Waals surface area contributed by atoms with Crippen molar-refractivity contribution in [2.45, 2.75) is 32.1 Å². The summed E-state index contributed by atoms with van der Waals surface area (Å²) in [6, 6.07) is 4.96. The maximum Gasteiger partial charge on any atom is 0.164 e. The smallest absolute Gasteiger partial charge is 0.164 e. The summed E-state index contributed by atoms with van der Waals surface area (Å²) in [5.41, 5.74) is 1.79. The van der Waals surface area contributed by atoms with E-state index in [1.807, 2.05) is 11.5 Å². The van der Waals surface area contributed by atoms with E-state index in [-0.39, 0.29) is 11.9 Å². The summed E-state index contributed by atoms with van der Waals surface area (Å²) in [6.07, 6.45) is 0. The van der Waals surface area contributed by atoms with Gasteiger partial charge in [0.25, 0.3) is 0 Å². The van der Waals surface area contributed by atoms with Crippen molar-refractivity contribution in [3.63, 3.8) is 0 Å². The Morgan fingerprint density at radius 1 is 1.33 bits per heavy atom. The van der Waals surface area contributed by atoms with Gasteiger partial charge < -0.3 is 4.57 Å². The third-order valence-corrected chi connectivity index (χ3v) is 3.34. The molecule has 0 N–H and O–H groups in total. The molecule has 0 aliphatic rings. The molecule has 96 valence electrons. The summed E-state index contributed by atoms with van der Waals surface area (Å²) in [4.78, 5) is 0. The molecular weight excluding hydrogens is 297 g/mol. The minimum Gasteiger partial charge on any atom is -0.308 e. The monoisotopic (exact) mass is 311 g/mol. The summed E-state index contributed by atoms with van der Waals surface area (Å²) in [5.74, 6) is 1.31. The van der Waals surface area contributed by atoms with Crippen LogP contribution in [0.1, 0.15) is 31.3 Å². The zero-order valence-corrected chi connectivity index (χ0v) is 12.2. The zero-order chi connectivity index (χ0) is 13.3. The molecule has 0 fully saturated rings. The molecule has 0 radical (unpaired) electrons. The minimum atomic E-state index is -0.255. The van der Waals surface area contributed by atoms with Crippen molar-refractivity contribution in [1.82, 2.24) is 14.8 Å². The number of rotatable bonds is 3. The minimum absolute atomic E-state index is 0.227. The van der Waals surface area contributed by atoms with Crippen LogP contribution in [0.2, 0.25) is 0 Å². The van der Waals surface area contributed by atoms with Gasteiger partial charge in [-0.25, -0.2) is 4.39 Å². The molecule has 1 aromatic heterocycles. The quantitative estimate of drug-likeness (QED) is 0.806. The van der Waals surface area contributed by atoms with Gasteiger partial charge in [0.15, 0.2) is 5.82 Å². The molecule has 5 heteroatoms. The van der Waals surface area contributed by atoms with E-state index in [1.165, 1.54) is 12.1 Å². The second-order valence-corrected chi connectivity index (χ2v) is 5.06. The number of aromatic nitrogens is 3. The molecule has 0 aliphatic heterocycles. The lowest BCUT2D eigenvalue weighted by atomic mass is 10.1. The number of hydrogen-bond donors (Lipinski definition) is 0. The fourth-order valence-electron chi connectivity index (χ4n) is 1.98. The van der Waals surface area contributed by atoms with Crippen LogP contribution in [-0.4, -0.2) is 14.8 Å². The Bertz CT molecular complexity index is 563. The third-order valence-electron chi connectivity index (χ3n) is 2.84. The Kier molecular flexibility index (Phi) is 3.80. The lowest BCUT2D eigenvalue weighted by Crippen LogP contribution is -2.07. The van der Waals surface area contributed by atoms with Gasteiger partial charge in [-0.15, -0.1) is 10.2 Å². The summed E-state index contributed by atoms with van der Waals surface area (Å²) in [6.45, 7) is 6.07. The first-order valence-electron chi connectivity index (χ1n) is 5.81. The molecule has 0 bridgehead atoms. The predicted octanol–water partition coefficient (Wildman–Crippen LogP) is 3.87. The molecule has 0 unspecified atom stereocenters. The van der Waals surface area contributed by atoms with Crippen LogP contribution in [0.15, 0.2) is 18.2 Å². The van der Waals surface area contributed by atoms with Gasteiger partial charge in [-0.2, -0.15) is 0 Å². The molecule has 2 aromatic rings. The number of benzene rings is 1. The number of alkyl halides is 1. The van der Waals surface area contributed by atoms with Crippen molar-refractivity contribution in [3.8, 4) is 11.4 Å². The van der Waals surface area contributed by atoms with Crippen molar-refractivity contribution < 1.29 is 4.39 Å². The van der Waals surface area contributed by atoms with Gasteiger partial charge in [0.1, 0.15) is 11.6 Å². The Labute approximate surface area is 114 Å². The van der Waals surface area contributed by atoms with E-state index >= 15 is 0 Å². The van der Waals surface area contributed by atoms with Crippen molar-refractivity contribution >= 4 is 15.9 Å². The van der Waals surface area contributed by atoms with Gasteiger partial charge in [-0.3, -0.25) is 0 Å². The maximum atomic E-state index is 13.4. The Hall–Kier alpha value is -1.23. The Morgan fingerprint density at radius 2 is 2.06 bits per heavy atom. The topological polar surface area (TPSA) is 30.7 Å². The van der Waals surface area contributed by atoms with Crippen molar-refractivity contribution in [2.24, 2.45) is 0 Å². The number of aryl methyl sites for hydroxylation is 1. The normalized spacial score (nSPS) is 11.2. The molecule has 0 aliphatic carbocycles. The highest BCUT2D eigenvalue weighted by Crippen LogP contribution is 2.26. The van der Waals surface area contributed by atoms with Gasteiger partial charge in [0.2, 0.25) is 0 Å². The SMILES string of the molecule is Cc1ccc(F)cc1-c1nnc(CBr)n1C(C)C. The second kappa shape index (κ2) is 5.18. The molecular formula is C13H15BrFN3. The Morgan fingerprint density at radius 3 is 2.67 bits per heavy atom. The van der Waals surface area contributed by atoms with Crippen molar-refractivity contribution in [1.29, 1.82) is 0 Å². The average Bonchev–Trinajstić information content (AvgIpc) is 2.75. The first kappa shape index (κ1) is 13.2. The third kappa shape index (κ3) is 2.32. The van der Waals surface area contributed by atoms with Crippen LogP contribution in [-0.2, 0) is 5.33 Å². The summed E-state index contributed by atoms with van der Waals surface area (Å²) >= 11 is 3.40. The maximum absolute atomic E-state index is 13.4. The van der Waals surface area contributed by atoms with Gasteiger partial charge in [0, 0.05) is 11.6 Å². The molecule has 3 nitrogen and oxygen atoms in total. The molecule has 1 aromatic carbocycles. The molecule has 18 heavy (non-hydrogen) atoms. The lowest BCUT2D eigenvalue weighted by molar-refractivity contribution is 0.585. The van der Waals surface area contributed by atoms with E-state index in [9.17, 15) is 4.39 Å². The van der Waals surface area contributed by atoms with Crippen LogP contribution in [0.5, 0.6) is 0 Å². The molecule has 0 amide bonds. The van der Waals surface area contributed by atoms with Crippen LogP contribution in [0.25, 0.3) is 11.4 Å². The van der Waals surface area contributed by atoms with Gasteiger partial charge in [-0.05, 0) is 38.5 Å². The van der Waals surface area contributed by atoms with E-state index in [2.05, 4.69) is 40.0 Å². The van der Waals surface area contributed by atoms with E-state index in [0.29, 0.717) is 5.33 Å². The van der Waals surface area contributed by atoms with E-state index in [1.54, 1.807) is 6.07 Å². The number of nitrogens with zero attached hydrogens (tertiary/aromatic N) is 3. The van der Waals surface area contributed by atoms with Gasteiger partial charge >= 0.3 is 0 Å².